The smallest absolute Gasteiger partial charge is 0.0354 e. The zero-order valence-electron chi connectivity index (χ0n) is 10.6. The first-order valence-corrected chi connectivity index (χ1v) is 7.34. The van der Waals surface area contributed by atoms with Gasteiger partial charge < -0.3 is 5.32 Å². The molecule has 0 bridgehead atoms. The molecule has 1 nitrogen and oxygen atoms in total. The number of thiophene rings is 1. The van der Waals surface area contributed by atoms with Crippen molar-refractivity contribution in [1.29, 1.82) is 0 Å². The van der Waals surface area contributed by atoms with E-state index in [2.05, 4.69) is 37.7 Å². The first-order chi connectivity index (χ1) is 7.74. The van der Waals surface area contributed by atoms with Gasteiger partial charge in [-0.3, -0.25) is 0 Å². The van der Waals surface area contributed by atoms with E-state index in [0.29, 0.717) is 6.04 Å². The van der Waals surface area contributed by atoms with E-state index in [0.717, 1.165) is 11.8 Å². The van der Waals surface area contributed by atoms with Gasteiger partial charge in [-0.1, -0.05) is 19.8 Å². The number of aryl methyl sites for hydroxylation is 1. The van der Waals surface area contributed by atoms with Gasteiger partial charge in [0.15, 0.2) is 0 Å². The average Bonchev–Trinajstić information content (AvgIpc) is 2.89. The summed E-state index contributed by atoms with van der Waals surface area (Å²) in [6.45, 7) is 4.53. The average molecular weight is 237 g/mol. The van der Waals surface area contributed by atoms with E-state index >= 15 is 0 Å². The Hall–Kier alpha value is -0.340. The van der Waals surface area contributed by atoms with Crippen LogP contribution in [0.2, 0.25) is 0 Å². The van der Waals surface area contributed by atoms with E-state index < -0.39 is 0 Å². The van der Waals surface area contributed by atoms with Gasteiger partial charge in [-0.2, -0.15) is 0 Å². The zero-order chi connectivity index (χ0) is 11.5. The molecule has 2 heteroatoms. The maximum Gasteiger partial charge on any atom is 0.0354 e. The van der Waals surface area contributed by atoms with E-state index in [1.54, 1.807) is 0 Å². The lowest BCUT2D eigenvalue weighted by Crippen LogP contribution is -2.23. The highest BCUT2D eigenvalue weighted by Gasteiger charge is 2.30. The second kappa shape index (κ2) is 5.33. The minimum Gasteiger partial charge on any atom is -0.313 e. The maximum atomic E-state index is 3.52. The third-order valence-corrected chi connectivity index (χ3v) is 4.93. The quantitative estimate of drug-likeness (QED) is 0.829. The van der Waals surface area contributed by atoms with E-state index in [-0.39, 0.29) is 0 Å². The van der Waals surface area contributed by atoms with E-state index in [1.165, 1.54) is 36.1 Å². The van der Waals surface area contributed by atoms with Crippen LogP contribution in [0.5, 0.6) is 0 Å². The highest BCUT2D eigenvalue weighted by atomic mass is 32.1. The molecule has 1 fully saturated rings. The van der Waals surface area contributed by atoms with Crippen molar-refractivity contribution in [3.05, 3.63) is 21.9 Å². The molecule has 0 amide bonds. The third kappa shape index (κ3) is 2.49. The summed E-state index contributed by atoms with van der Waals surface area (Å²) >= 11 is 1.87. The van der Waals surface area contributed by atoms with E-state index in [1.807, 2.05) is 11.3 Å². The number of hydrogen-bond acceptors (Lipinski definition) is 2. The Morgan fingerprint density at radius 3 is 2.81 bits per heavy atom. The summed E-state index contributed by atoms with van der Waals surface area (Å²) < 4.78 is 0. The van der Waals surface area contributed by atoms with Gasteiger partial charge in [0.25, 0.3) is 0 Å². The Morgan fingerprint density at radius 1 is 1.50 bits per heavy atom. The molecule has 1 aromatic heterocycles. The maximum absolute atomic E-state index is 3.52. The fraction of sp³-hybridized carbons (Fsp3) is 0.714. The van der Waals surface area contributed by atoms with Crippen molar-refractivity contribution in [3.8, 4) is 0 Å². The summed E-state index contributed by atoms with van der Waals surface area (Å²) in [7, 11) is 2.11. The molecule has 1 aliphatic rings. The van der Waals surface area contributed by atoms with Crippen LogP contribution in [0.15, 0.2) is 11.4 Å². The Kier molecular flexibility index (Phi) is 4.04. The van der Waals surface area contributed by atoms with Crippen LogP contribution in [-0.2, 0) is 0 Å². The van der Waals surface area contributed by atoms with Crippen LogP contribution in [-0.4, -0.2) is 7.05 Å². The van der Waals surface area contributed by atoms with Crippen molar-refractivity contribution in [2.75, 3.05) is 7.05 Å². The standard InChI is InChI=1S/C14H23NS/c1-4-11-5-6-12(8-11)14(15-3)13-7-10(2)16-9-13/h7,9,11-12,14-15H,4-6,8H2,1-3H3. The van der Waals surface area contributed by atoms with Gasteiger partial charge >= 0.3 is 0 Å². The summed E-state index contributed by atoms with van der Waals surface area (Å²) in [5.41, 5.74) is 1.51. The molecule has 0 spiro atoms. The van der Waals surface area contributed by atoms with Crippen LogP contribution >= 0.6 is 11.3 Å². The zero-order valence-corrected chi connectivity index (χ0v) is 11.4. The van der Waals surface area contributed by atoms with Crippen LogP contribution in [0.4, 0.5) is 0 Å². The van der Waals surface area contributed by atoms with Gasteiger partial charge in [0.1, 0.15) is 0 Å². The molecule has 0 aliphatic heterocycles. The van der Waals surface area contributed by atoms with Gasteiger partial charge in [0.05, 0.1) is 0 Å². The molecule has 1 heterocycles. The molecular formula is C14H23NS. The largest absolute Gasteiger partial charge is 0.313 e. The number of hydrogen-bond donors (Lipinski definition) is 1. The van der Waals surface area contributed by atoms with Gasteiger partial charge in [0, 0.05) is 10.9 Å². The molecule has 90 valence electrons. The van der Waals surface area contributed by atoms with Crippen molar-refractivity contribution in [2.24, 2.45) is 11.8 Å². The molecule has 3 unspecified atom stereocenters. The molecular weight excluding hydrogens is 214 g/mol. The van der Waals surface area contributed by atoms with Crippen LogP contribution in [0.3, 0.4) is 0 Å². The summed E-state index contributed by atoms with van der Waals surface area (Å²) in [6, 6.07) is 2.94. The lowest BCUT2D eigenvalue weighted by atomic mass is 9.92. The Bertz CT molecular complexity index is 331. The lowest BCUT2D eigenvalue weighted by molar-refractivity contribution is 0.373. The minimum absolute atomic E-state index is 0.585. The normalized spacial score (nSPS) is 27.2. The molecule has 3 atom stereocenters. The van der Waals surface area contributed by atoms with Crippen LogP contribution < -0.4 is 5.32 Å². The molecule has 0 saturated heterocycles. The SMILES string of the molecule is CCC1CCC(C(NC)c2csc(C)c2)C1. The van der Waals surface area contributed by atoms with Gasteiger partial charge in [-0.25, -0.2) is 0 Å². The predicted octanol–water partition coefficient (Wildman–Crippen LogP) is 4.14. The van der Waals surface area contributed by atoms with Crippen molar-refractivity contribution in [2.45, 2.75) is 45.6 Å². The first-order valence-electron chi connectivity index (χ1n) is 6.46. The Morgan fingerprint density at radius 2 is 2.31 bits per heavy atom. The Balaban J connectivity index is 2.06. The van der Waals surface area contributed by atoms with Crippen LogP contribution in [0.25, 0.3) is 0 Å². The van der Waals surface area contributed by atoms with E-state index in [4.69, 9.17) is 0 Å². The molecule has 2 rings (SSSR count). The van der Waals surface area contributed by atoms with Gasteiger partial charge in [-0.05, 0) is 55.7 Å². The topological polar surface area (TPSA) is 12.0 Å². The predicted molar refractivity (Wildman–Crippen MR) is 72.0 cm³/mol. The molecule has 1 aliphatic carbocycles. The lowest BCUT2D eigenvalue weighted by Gasteiger charge is -2.22. The third-order valence-electron chi connectivity index (χ3n) is 4.05. The molecule has 0 radical (unpaired) electrons. The fourth-order valence-electron chi connectivity index (χ4n) is 3.09. The highest BCUT2D eigenvalue weighted by Crippen LogP contribution is 2.40. The molecule has 0 aromatic carbocycles. The summed E-state index contributed by atoms with van der Waals surface area (Å²) in [4.78, 5) is 1.43. The summed E-state index contributed by atoms with van der Waals surface area (Å²) in [6.07, 6.45) is 5.61. The van der Waals surface area contributed by atoms with Crippen molar-refractivity contribution >= 4 is 11.3 Å². The van der Waals surface area contributed by atoms with Gasteiger partial charge in [0.2, 0.25) is 0 Å². The number of rotatable bonds is 4. The van der Waals surface area contributed by atoms with Crippen molar-refractivity contribution < 1.29 is 0 Å². The van der Waals surface area contributed by atoms with Crippen molar-refractivity contribution in [3.63, 3.8) is 0 Å². The summed E-state index contributed by atoms with van der Waals surface area (Å²) in [5.74, 6) is 1.82. The monoisotopic (exact) mass is 237 g/mol. The van der Waals surface area contributed by atoms with Crippen molar-refractivity contribution in [1.82, 2.24) is 5.32 Å². The van der Waals surface area contributed by atoms with Gasteiger partial charge in [-0.15, -0.1) is 11.3 Å². The summed E-state index contributed by atoms with van der Waals surface area (Å²) in [5, 5.41) is 5.85. The molecule has 16 heavy (non-hydrogen) atoms. The van der Waals surface area contributed by atoms with Crippen LogP contribution in [0.1, 0.15) is 49.1 Å². The fourth-order valence-corrected chi connectivity index (χ4v) is 3.83. The van der Waals surface area contributed by atoms with E-state index in [9.17, 15) is 0 Å². The minimum atomic E-state index is 0.585. The molecule has 1 N–H and O–H groups in total. The second-order valence-electron chi connectivity index (χ2n) is 5.10. The Labute approximate surface area is 103 Å². The van der Waals surface area contributed by atoms with Crippen LogP contribution in [0, 0.1) is 18.8 Å². The molecule has 1 saturated carbocycles. The first kappa shape index (κ1) is 12.1. The highest BCUT2D eigenvalue weighted by molar-refractivity contribution is 7.10. The molecule has 1 aromatic rings. The number of nitrogens with one attached hydrogen (secondary N) is 1. The second-order valence-corrected chi connectivity index (χ2v) is 6.22.